The molecular weight excluding hydrogens is 284 g/mol. The fourth-order valence-electron chi connectivity index (χ4n) is 1.95. The highest BCUT2D eigenvalue weighted by molar-refractivity contribution is 7.89. The molecule has 0 bridgehead atoms. The summed E-state index contributed by atoms with van der Waals surface area (Å²) in [6.45, 7) is 0.641. The Morgan fingerprint density at radius 3 is 3.05 bits per heavy atom. The largest absolute Gasteiger partial charge is 0.469 e. The summed E-state index contributed by atoms with van der Waals surface area (Å²) in [6, 6.07) is 3.06. The number of methoxy groups -OCH3 is 1. The predicted molar refractivity (Wildman–Crippen MR) is 69.4 cm³/mol. The minimum atomic E-state index is -3.60. The van der Waals surface area contributed by atoms with E-state index in [0.29, 0.717) is 0 Å². The molecule has 0 amide bonds. The average molecular weight is 300 g/mol. The number of sulfonamides is 1. The Hall–Kier alpha value is -1.51. The van der Waals surface area contributed by atoms with Crippen molar-refractivity contribution in [2.45, 2.75) is 17.4 Å². The summed E-state index contributed by atoms with van der Waals surface area (Å²) >= 11 is 0. The van der Waals surface area contributed by atoms with Crippen LogP contribution in [-0.2, 0) is 24.3 Å². The van der Waals surface area contributed by atoms with Gasteiger partial charge in [-0.25, -0.2) is 8.42 Å². The number of rotatable bonds is 4. The van der Waals surface area contributed by atoms with Crippen LogP contribution in [0.3, 0.4) is 0 Å². The third-order valence-corrected chi connectivity index (χ3v) is 4.84. The Morgan fingerprint density at radius 2 is 2.40 bits per heavy atom. The van der Waals surface area contributed by atoms with Gasteiger partial charge in [0.05, 0.1) is 26.2 Å². The van der Waals surface area contributed by atoms with Crippen LogP contribution < -0.4 is 0 Å². The van der Waals surface area contributed by atoms with Crippen LogP contribution in [-0.4, -0.2) is 56.6 Å². The number of pyridine rings is 1. The lowest BCUT2D eigenvalue weighted by Gasteiger charge is -2.31. The smallest absolute Gasteiger partial charge is 0.308 e. The first-order valence-electron chi connectivity index (χ1n) is 6.12. The van der Waals surface area contributed by atoms with E-state index in [9.17, 15) is 13.2 Å². The second-order valence-corrected chi connectivity index (χ2v) is 6.26. The van der Waals surface area contributed by atoms with Gasteiger partial charge in [0.2, 0.25) is 10.0 Å². The van der Waals surface area contributed by atoms with Gasteiger partial charge in [-0.05, 0) is 12.1 Å². The van der Waals surface area contributed by atoms with Gasteiger partial charge in [-0.2, -0.15) is 4.31 Å². The molecule has 1 aromatic rings. The maximum atomic E-state index is 12.4. The molecule has 1 aromatic heterocycles. The van der Waals surface area contributed by atoms with Crippen LogP contribution in [0.4, 0.5) is 0 Å². The van der Waals surface area contributed by atoms with E-state index in [1.807, 2.05) is 0 Å². The molecular formula is C12H16N2O5S. The van der Waals surface area contributed by atoms with Crippen molar-refractivity contribution in [1.82, 2.24) is 9.29 Å². The zero-order valence-corrected chi connectivity index (χ0v) is 11.9. The summed E-state index contributed by atoms with van der Waals surface area (Å²) in [5.41, 5.74) is 0. The lowest BCUT2D eigenvalue weighted by Crippen LogP contribution is -2.46. The highest BCUT2D eigenvalue weighted by Gasteiger charge is 2.31. The molecule has 0 N–H and O–H groups in total. The van der Waals surface area contributed by atoms with Gasteiger partial charge in [0.15, 0.2) is 0 Å². The second kappa shape index (κ2) is 6.29. The van der Waals surface area contributed by atoms with Crippen LogP contribution in [0.25, 0.3) is 0 Å². The van der Waals surface area contributed by atoms with Crippen molar-refractivity contribution in [3.05, 3.63) is 24.5 Å². The molecule has 1 aliphatic rings. The molecule has 0 spiro atoms. The molecule has 0 aliphatic carbocycles. The summed E-state index contributed by atoms with van der Waals surface area (Å²) < 4.78 is 36.1. The highest BCUT2D eigenvalue weighted by Crippen LogP contribution is 2.19. The number of hydrogen-bond donors (Lipinski definition) is 0. The van der Waals surface area contributed by atoms with Crippen LogP contribution in [0.1, 0.15) is 6.42 Å². The van der Waals surface area contributed by atoms with E-state index in [0.717, 1.165) is 0 Å². The van der Waals surface area contributed by atoms with Gasteiger partial charge in [0, 0.05) is 25.5 Å². The molecule has 0 aromatic carbocycles. The van der Waals surface area contributed by atoms with Gasteiger partial charge >= 0.3 is 5.97 Å². The Labute approximate surface area is 117 Å². The molecule has 2 heterocycles. The van der Waals surface area contributed by atoms with Gasteiger partial charge in [0.1, 0.15) is 4.90 Å². The Kier molecular flexibility index (Phi) is 4.69. The van der Waals surface area contributed by atoms with Gasteiger partial charge in [0.25, 0.3) is 0 Å². The number of esters is 1. The maximum absolute atomic E-state index is 12.4. The molecule has 1 aliphatic heterocycles. The minimum absolute atomic E-state index is 0.0373. The third kappa shape index (κ3) is 3.33. The number of ether oxygens (including phenoxy) is 2. The minimum Gasteiger partial charge on any atom is -0.469 e. The van der Waals surface area contributed by atoms with Crippen LogP contribution in [0.15, 0.2) is 29.4 Å². The van der Waals surface area contributed by atoms with Crippen molar-refractivity contribution < 1.29 is 22.7 Å². The van der Waals surface area contributed by atoms with Crippen molar-refractivity contribution >= 4 is 16.0 Å². The van der Waals surface area contributed by atoms with E-state index in [2.05, 4.69) is 9.72 Å². The fourth-order valence-corrected chi connectivity index (χ4v) is 3.37. The van der Waals surface area contributed by atoms with E-state index < -0.39 is 22.1 Å². The van der Waals surface area contributed by atoms with Crippen molar-refractivity contribution in [3.63, 3.8) is 0 Å². The number of carbonyl (C=O) groups excluding carboxylic acids is 1. The first-order valence-corrected chi connectivity index (χ1v) is 7.56. The highest BCUT2D eigenvalue weighted by atomic mass is 32.2. The first-order chi connectivity index (χ1) is 9.54. The van der Waals surface area contributed by atoms with E-state index in [-0.39, 0.29) is 31.0 Å². The number of aromatic nitrogens is 1. The lowest BCUT2D eigenvalue weighted by atomic mass is 10.2. The van der Waals surface area contributed by atoms with Crippen molar-refractivity contribution in [3.8, 4) is 0 Å². The molecule has 1 atom stereocenters. The molecule has 0 radical (unpaired) electrons. The maximum Gasteiger partial charge on any atom is 0.308 e. The van der Waals surface area contributed by atoms with Crippen LogP contribution in [0, 0.1) is 0 Å². The summed E-state index contributed by atoms with van der Waals surface area (Å²) in [6.07, 6.45) is 2.37. The van der Waals surface area contributed by atoms with Gasteiger partial charge in [-0.15, -0.1) is 0 Å². The second-order valence-electron chi connectivity index (χ2n) is 4.32. The molecule has 20 heavy (non-hydrogen) atoms. The Balaban J connectivity index is 2.11. The Bertz CT molecular complexity index is 560. The third-order valence-electron chi connectivity index (χ3n) is 3.00. The zero-order chi connectivity index (χ0) is 14.6. The molecule has 8 heteroatoms. The van der Waals surface area contributed by atoms with Crippen LogP contribution in [0.5, 0.6) is 0 Å². The number of nitrogens with zero attached hydrogens (tertiary/aromatic N) is 2. The fraction of sp³-hybridized carbons (Fsp3) is 0.500. The number of morpholine rings is 1. The van der Waals surface area contributed by atoms with Crippen LogP contribution in [0.2, 0.25) is 0 Å². The summed E-state index contributed by atoms with van der Waals surface area (Å²) in [7, 11) is -2.31. The Morgan fingerprint density at radius 1 is 1.60 bits per heavy atom. The van der Waals surface area contributed by atoms with E-state index in [1.54, 1.807) is 6.07 Å². The predicted octanol–water partition coefficient (Wildman–Crippen LogP) is 0.0342. The van der Waals surface area contributed by atoms with Crippen molar-refractivity contribution in [2.75, 3.05) is 26.8 Å². The normalized spacial score (nSPS) is 20.6. The molecule has 1 fully saturated rings. The quantitative estimate of drug-likeness (QED) is 0.730. The molecule has 110 valence electrons. The zero-order valence-electron chi connectivity index (χ0n) is 11.1. The van der Waals surface area contributed by atoms with Gasteiger partial charge < -0.3 is 9.47 Å². The number of hydrogen-bond acceptors (Lipinski definition) is 6. The van der Waals surface area contributed by atoms with E-state index in [1.165, 1.54) is 29.9 Å². The van der Waals surface area contributed by atoms with E-state index >= 15 is 0 Å². The standard InChI is InChI=1S/C12H16N2O5S/c1-18-12(15)7-10-9-14(5-6-19-10)20(16,17)11-3-2-4-13-8-11/h2-4,8,10H,5-7,9H2,1H3. The lowest BCUT2D eigenvalue weighted by molar-refractivity contribution is -0.145. The number of carbonyl (C=O) groups is 1. The summed E-state index contributed by atoms with van der Waals surface area (Å²) in [5.74, 6) is -0.421. The van der Waals surface area contributed by atoms with Gasteiger partial charge in [-0.1, -0.05) is 0 Å². The molecule has 1 unspecified atom stereocenters. The van der Waals surface area contributed by atoms with Gasteiger partial charge in [-0.3, -0.25) is 9.78 Å². The monoisotopic (exact) mass is 300 g/mol. The molecule has 1 saturated heterocycles. The topological polar surface area (TPSA) is 85.8 Å². The van der Waals surface area contributed by atoms with E-state index in [4.69, 9.17) is 4.74 Å². The summed E-state index contributed by atoms with van der Waals surface area (Å²) in [4.78, 5) is 15.2. The molecule has 0 saturated carbocycles. The molecule has 7 nitrogen and oxygen atoms in total. The van der Waals surface area contributed by atoms with Crippen molar-refractivity contribution in [1.29, 1.82) is 0 Å². The molecule has 2 rings (SSSR count). The summed E-state index contributed by atoms with van der Waals surface area (Å²) in [5, 5.41) is 0. The van der Waals surface area contributed by atoms with Crippen molar-refractivity contribution in [2.24, 2.45) is 0 Å². The average Bonchev–Trinajstić information content (AvgIpc) is 2.48. The SMILES string of the molecule is COC(=O)CC1CN(S(=O)(=O)c2cccnc2)CCO1. The van der Waals surface area contributed by atoms with Crippen LogP contribution >= 0.6 is 0 Å². The first kappa shape index (κ1) is 14.9.